The zero-order valence-electron chi connectivity index (χ0n) is 17.5. The Balaban J connectivity index is 1.78. The number of benzene rings is 3. The predicted octanol–water partition coefficient (Wildman–Crippen LogP) is 4.36. The maximum absolute atomic E-state index is 11.6. The summed E-state index contributed by atoms with van der Waals surface area (Å²) in [5.74, 6) is 1.35. The second kappa shape index (κ2) is 8.82. The second-order valence-corrected chi connectivity index (χ2v) is 9.27. The van der Waals surface area contributed by atoms with Gasteiger partial charge in [-0.3, -0.25) is 5.01 Å². The summed E-state index contributed by atoms with van der Waals surface area (Å²) >= 11 is 6.09. The van der Waals surface area contributed by atoms with E-state index < -0.39 is 10.0 Å². The lowest BCUT2D eigenvalue weighted by Crippen LogP contribution is -2.19. The van der Waals surface area contributed by atoms with Crippen LogP contribution in [0.1, 0.15) is 23.6 Å². The number of ether oxygens (including phenoxy) is 2. The van der Waals surface area contributed by atoms with Gasteiger partial charge in [-0.2, -0.15) is 5.10 Å². The van der Waals surface area contributed by atoms with Crippen molar-refractivity contribution in [1.82, 2.24) is 0 Å². The largest absolute Gasteiger partial charge is 0.497 e. The van der Waals surface area contributed by atoms with E-state index in [2.05, 4.69) is 0 Å². The van der Waals surface area contributed by atoms with Crippen molar-refractivity contribution < 1.29 is 17.9 Å². The number of halogens is 1. The van der Waals surface area contributed by atoms with Crippen LogP contribution in [0.3, 0.4) is 0 Å². The van der Waals surface area contributed by atoms with E-state index in [1.807, 2.05) is 47.5 Å². The SMILES string of the molecule is COc1ccc(C2=NN(c3ccc(S(N)(=O)=O)cc3)C(c3ccc(Cl)cc3)C2)c(OC)c1. The first kappa shape index (κ1) is 22.1. The summed E-state index contributed by atoms with van der Waals surface area (Å²) in [7, 11) is -0.573. The van der Waals surface area contributed by atoms with Crippen molar-refractivity contribution in [2.75, 3.05) is 19.2 Å². The number of anilines is 1. The molecule has 0 amide bonds. The van der Waals surface area contributed by atoms with Gasteiger partial charge < -0.3 is 9.47 Å². The quantitative estimate of drug-likeness (QED) is 0.576. The summed E-state index contributed by atoms with van der Waals surface area (Å²) in [4.78, 5) is 0.0458. The molecule has 1 atom stereocenters. The molecule has 2 N–H and O–H groups in total. The van der Waals surface area contributed by atoms with Crippen molar-refractivity contribution in [3.05, 3.63) is 82.9 Å². The molecular formula is C23H22ClN3O4S. The predicted molar refractivity (Wildman–Crippen MR) is 125 cm³/mol. The fourth-order valence-electron chi connectivity index (χ4n) is 3.68. The van der Waals surface area contributed by atoms with Crippen molar-refractivity contribution in [2.45, 2.75) is 17.4 Å². The lowest BCUT2D eigenvalue weighted by molar-refractivity contribution is 0.394. The zero-order valence-corrected chi connectivity index (χ0v) is 19.1. The number of nitrogens with zero attached hydrogens (tertiary/aromatic N) is 2. The summed E-state index contributed by atoms with van der Waals surface area (Å²) in [5, 5.41) is 12.6. The van der Waals surface area contributed by atoms with E-state index in [0.29, 0.717) is 22.9 Å². The van der Waals surface area contributed by atoms with Gasteiger partial charge in [0.1, 0.15) is 11.5 Å². The number of hydrogen-bond acceptors (Lipinski definition) is 6. The molecule has 3 aromatic rings. The van der Waals surface area contributed by atoms with E-state index in [1.54, 1.807) is 26.4 Å². The molecular weight excluding hydrogens is 450 g/mol. The standard InChI is InChI=1S/C23H22ClN3O4S/c1-30-18-9-12-20(23(13-18)31-2)21-14-22(15-3-5-16(24)6-4-15)27(26-21)17-7-10-19(11-8-17)32(25,28)29/h3-13,22H,14H2,1-2H3,(H2,25,28,29). The van der Waals surface area contributed by atoms with Crippen LogP contribution in [0.5, 0.6) is 11.5 Å². The van der Waals surface area contributed by atoms with Crippen molar-refractivity contribution in [3.63, 3.8) is 0 Å². The fourth-order valence-corrected chi connectivity index (χ4v) is 4.32. The Kier molecular flexibility index (Phi) is 6.10. The Morgan fingerprint density at radius 3 is 2.28 bits per heavy atom. The highest BCUT2D eigenvalue weighted by molar-refractivity contribution is 7.89. The maximum Gasteiger partial charge on any atom is 0.238 e. The molecule has 32 heavy (non-hydrogen) atoms. The maximum atomic E-state index is 11.6. The van der Waals surface area contributed by atoms with Crippen LogP contribution in [0.15, 0.2) is 76.7 Å². The molecule has 0 aromatic heterocycles. The Morgan fingerprint density at radius 2 is 1.69 bits per heavy atom. The summed E-state index contributed by atoms with van der Waals surface area (Å²) < 4.78 is 34.2. The van der Waals surface area contributed by atoms with Crippen LogP contribution in [-0.2, 0) is 10.0 Å². The van der Waals surface area contributed by atoms with Crippen LogP contribution in [0.4, 0.5) is 5.69 Å². The first-order valence-corrected chi connectivity index (χ1v) is 11.7. The topological polar surface area (TPSA) is 94.2 Å². The van der Waals surface area contributed by atoms with E-state index in [4.69, 9.17) is 31.3 Å². The summed E-state index contributed by atoms with van der Waals surface area (Å²) in [6, 6.07) is 19.4. The summed E-state index contributed by atoms with van der Waals surface area (Å²) in [5.41, 5.74) is 3.45. The van der Waals surface area contributed by atoms with Gasteiger partial charge in [0, 0.05) is 23.1 Å². The molecule has 1 unspecified atom stereocenters. The van der Waals surface area contributed by atoms with Gasteiger partial charge >= 0.3 is 0 Å². The van der Waals surface area contributed by atoms with Crippen molar-refractivity contribution in [2.24, 2.45) is 10.2 Å². The molecule has 0 saturated heterocycles. The van der Waals surface area contributed by atoms with E-state index in [9.17, 15) is 8.42 Å². The number of nitrogens with two attached hydrogens (primary N) is 1. The average molecular weight is 472 g/mol. The van der Waals surface area contributed by atoms with E-state index >= 15 is 0 Å². The molecule has 9 heteroatoms. The Bertz CT molecular complexity index is 1260. The number of hydrazone groups is 1. The molecule has 1 aliphatic rings. The Hall–Kier alpha value is -3.07. The molecule has 7 nitrogen and oxygen atoms in total. The minimum Gasteiger partial charge on any atom is -0.497 e. The van der Waals surface area contributed by atoms with Gasteiger partial charge in [0.25, 0.3) is 0 Å². The van der Waals surface area contributed by atoms with Crippen LogP contribution >= 0.6 is 11.6 Å². The smallest absolute Gasteiger partial charge is 0.238 e. The number of sulfonamides is 1. The van der Waals surface area contributed by atoms with Gasteiger partial charge in [-0.15, -0.1) is 0 Å². The average Bonchev–Trinajstić information content (AvgIpc) is 3.23. The molecule has 0 radical (unpaired) electrons. The number of rotatable bonds is 6. The van der Waals surface area contributed by atoms with E-state index in [1.165, 1.54) is 12.1 Å². The van der Waals surface area contributed by atoms with Crippen molar-refractivity contribution in [1.29, 1.82) is 0 Å². The Labute approximate surface area is 192 Å². The van der Waals surface area contributed by atoms with Crippen LogP contribution in [0, 0.1) is 0 Å². The van der Waals surface area contributed by atoms with Crippen molar-refractivity contribution >= 4 is 33.0 Å². The van der Waals surface area contributed by atoms with Crippen LogP contribution < -0.4 is 19.6 Å². The Morgan fingerprint density at radius 1 is 1.00 bits per heavy atom. The third-order valence-electron chi connectivity index (χ3n) is 5.31. The minimum absolute atomic E-state index is 0.0458. The monoisotopic (exact) mass is 471 g/mol. The molecule has 0 saturated carbocycles. The lowest BCUT2D eigenvalue weighted by Gasteiger charge is -2.24. The molecule has 0 fully saturated rings. The number of methoxy groups -OCH3 is 2. The third kappa shape index (κ3) is 4.43. The van der Waals surface area contributed by atoms with Crippen LogP contribution in [-0.4, -0.2) is 28.3 Å². The first-order chi connectivity index (χ1) is 15.3. The molecule has 0 aliphatic carbocycles. The highest BCUT2D eigenvalue weighted by Gasteiger charge is 2.31. The van der Waals surface area contributed by atoms with E-state index in [0.717, 1.165) is 22.5 Å². The molecule has 4 rings (SSSR count). The van der Waals surface area contributed by atoms with Gasteiger partial charge in [-0.05, 0) is 54.1 Å². The summed E-state index contributed by atoms with van der Waals surface area (Å²) in [6.45, 7) is 0. The molecule has 166 valence electrons. The minimum atomic E-state index is -3.78. The highest BCUT2D eigenvalue weighted by Crippen LogP contribution is 2.39. The first-order valence-electron chi connectivity index (χ1n) is 9.77. The van der Waals surface area contributed by atoms with Crippen LogP contribution in [0.2, 0.25) is 5.02 Å². The second-order valence-electron chi connectivity index (χ2n) is 7.27. The summed E-state index contributed by atoms with van der Waals surface area (Å²) in [6.07, 6.45) is 0.612. The molecule has 1 heterocycles. The van der Waals surface area contributed by atoms with Gasteiger partial charge in [0.05, 0.1) is 36.6 Å². The normalized spacial score (nSPS) is 16.1. The lowest BCUT2D eigenvalue weighted by atomic mass is 9.97. The van der Waals surface area contributed by atoms with Crippen molar-refractivity contribution in [3.8, 4) is 11.5 Å². The molecule has 3 aromatic carbocycles. The number of primary sulfonamides is 1. The van der Waals surface area contributed by atoms with Crippen LogP contribution in [0.25, 0.3) is 0 Å². The van der Waals surface area contributed by atoms with Gasteiger partial charge in [-0.25, -0.2) is 13.6 Å². The third-order valence-corrected chi connectivity index (χ3v) is 6.50. The van der Waals surface area contributed by atoms with Gasteiger partial charge in [-0.1, -0.05) is 23.7 Å². The van der Waals surface area contributed by atoms with E-state index in [-0.39, 0.29) is 10.9 Å². The zero-order chi connectivity index (χ0) is 22.9. The molecule has 1 aliphatic heterocycles. The highest BCUT2D eigenvalue weighted by atomic mass is 35.5. The molecule has 0 bridgehead atoms. The molecule has 0 spiro atoms. The number of hydrogen-bond donors (Lipinski definition) is 1. The van der Waals surface area contributed by atoms with Gasteiger partial charge in [0.15, 0.2) is 0 Å². The fraction of sp³-hybridized carbons (Fsp3) is 0.174. The van der Waals surface area contributed by atoms with Gasteiger partial charge in [0.2, 0.25) is 10.0 Å².